The van der Waals surface area contributed by atoms with Crippen LogP contribution in [0.4, 0.5) is 5.82 Å². The summed E-state index contributed by atoms with van der Waals surface area (Å²) < 4.78 is 5.24. The maximum absolute atomic E-state index is 5.41. The molecule has 1 heterocycles. The predicted octanol–water partition coefficient (Wildman–Crippen LogP) is 1.71. The number of rotatable bonds is 6. The van der Waals surface area contributed by atoms with Crippen LogP contribution in [0.15, 0.2) is 30.3 Å². The van der Waals surface area contributed by atoms with Crippen molar-refractivity contribution < 1.29 is 4.74 Å². The topological polar surface area (TPSA) is 76.3 Å². The van der Waals surface area contributed by atoms with Crippen molar-refractivity contribution in [2.45, 2.75) is 20.0 Å². The van der Waals surface area contributed by atoms with Crippen LogP contribution < -0.4 is 16.0 Å². The molecule has 0 aliphatic carbocycles. The molecule has 6 nitrogen and oxygen atoms in total. The minimum atomic E-state index is 0.632. The molecule has 0 aliphatic rings. The maximum atomic E-state index is 5.41. The number of aromatic nitrogens is 2. The smallest absolute Gasteiger partial charge is 0.145 e. The fourth-order valence-corrected chi connectivity index (χ4v) is 2.15. The zero-order valence-corrected chi connectivity index (χ0v) is 12.6. The average Bonchev–Trinajstić information content (AvgIpc) is 2.46. The average molecular weight is 287 g/mol. The number of ether oxygens (including phenoxy) is 1. The van der Waals surface area contributed by atoms with Gasteiger partial charge in [-0.1, -0.05) is 12.1 Å². The van der Waals surface area contributed by atoms with Crippen LogP contribution in [0.2, 0.25) is 0 Å². The summed E-state index contributed by atoms with van der Waals surface area (Å²) in [4.78, 5) is 10.9. The van der Waals surface area contributed by atoms with Crippen molar-refractivity contribution in [2.75, 3.05) is 19.6 Å². The third-order valence-electron chi connectivity index (χ3n) is 3.05. The number of nitrogens with two attached hydrogens (primary N) is 1. The van der Waals surface area contributed by atoms with Gasteiger partial charge in [-0.05, 0) is 31.7 Å². The van der Waals surface area contributed by atoms with Gasteiger partial charge in [0.1, 0.15) is 17.4 Å². The molecular formula is C15H21N5O. The molecular weight excluding hydrogens is 266 g/mol. The van der Waals surface area contributed by atoms with Crippen LogP contribution in [0.25, 0.3) is 0 Å². The summed E-state index contributed by atoms with van der Waals surface area (Å²) in [7, 11) is 3.70. The van der Waals surface area contributed by atoms with Crippen LogP contribution in [-0.2, 0) is 13.1 Å². The Morgan fingerprint density at radius 2 is 2.05 bits per heavy atom. The summed E-state index contributed by atoms with van der Waals surface area (Å²) >= 11 is 0. The molecule has 0 aliphatic heterocycles. The molecule has 0 fully saturated rings. The van der Waals surface area contributed by atoms with Crippen LogP contribution in [-0.4, -0.2) is 29.0 Å². The van der Waals surface area contributed by atoms with E-state index < -0.39 is 0 Å². The number of nitrogen functional groups attached to an aromatic ring is 1. The van der Waals surface area contributed by atoms with Crippen molar-refractivity contribution in [3.63, 3.8) is 0 Å². The van der Waals surface area contributed by atoms with E-state index in [1.807, 2.05) is 38.2 Å². The second-order valence-electron chi connectivity index (χ2n) is 4.98. The van der Waals surface area contributed by atoms with Gasteiger partial charge in [-0.2, -0.15) is 0 Å². The summed E-state index contributed by atoms with van der Waals surface area (Å²) in [6, 6.07) is 9.84. The summed E-state index contributed by atoms with van der Waals surface area (Å²) in [5.74, 6) is 7.64. The van der Waals surface area contributed by atoms with Crippen LogP contribution in [0.3, 0.4) is 0 Å². The zero-order valence-electron chi connectivity index (χ0n) is 12.6. The molecule has 0 bridgehead atoms. The van der Waals surface area contributed by atoms with E-state index in [0.29, 0.717) is 12.4 Å². The molecule has 21 heavy (non-hydrogen) atoms. The van der Waals surface area contributed by atoms with E-state index in [9.17, 15) is 0 Å². The molecule has 112 valence electrons. The first kappa shape index (κ1) is 15.2. The largest absolute Gasteiger partial charge is 0.497 e. The second-order valence-corrected chi connectivity index (χ2v) is 4.98. The fourth-order valence-electron chi connectivity index (χ4n) is 2.15. The maximum Gasteiger partial charge on any atom is 0.145 e. The highest BCUT2D eigenvalue weighted by molar-refractivity contribution is 5.34. The van der Waals surface area contributed by atoms with E-state index >= 15 is 0 Å². The minimum absolute atomic E-state index is 0.632. The lowest BCUT2D eigenvalue weighted by molar-refractivity contribution is 0.309. The van der Waals surface area contributed by atoms with Gasteiger partial charge in [0.05, 0.1) is 13.7 Å². The monoisotopic (exact) mass is 287 g/mol. The van der Waals surface area contributed by atoms with Gasteiger partial charge in [-0.15, -0.1) is 0 Å². The van der Waals surface area contributed by atoms with E-state index in [1.54, 1.807) is 7.11 Å². The Balaban J connectivity index is 2.04. The van der Waals surface area contributed by atoms with E-state index in [-0.39, 0.29) is 0 Å². The standard InChI is InChI=1S/C15H21N5O/c1-11-7-14(19-16)18-15(17-11)10-20(2)9-12-5-4-6-13(8-12)21-3/h4-8H,9-10,16H2,1-3H3,(H,17,18,19). The van der Waals surface area contributed by atoms with Crippen molar-refractivity contribution in [3.8, 4) is 5.75 Å². The van der Waals surface area contributed by atoms with Gasteiger partial charge < -0.3 is 10.2 Å². The molecule has 6 heteroatoms. The first-order valence-corrected chi connectivity index (χ1v) is 6.73. The SMILES string of the molecule is COc1cccc(CN(C)Cc2nc(C)cc(NN)n2)c1. The van der Waals surface area contributed by atoms with Crippen molar-refractivity contribution in [1.82, 2.24) is 14.9 Å². The number of aryl methyl sites for hydroxylation is 1. The Bertz CT molecular complexity index is 602. The summed E-state index contributed by atoms with van der Waals surface area (Å²) in [6.45, 7) is 3.36. The Morgan fingerprint density at radius 3 is 2.76 bits per heavy atom. The first-order chi connectivity index (χ1) is 10.1. The van der Waals surface area contributed by atoms with Crippen LogP contribution in [0.5, 0.6) is 5.75 Å². The van der Waals surface area contributed by atoms with Gasteiger partial charge in [0.15, 0.2) is 0 Å². The lowest BCUT2D eigenvalue weighted by atomic mass is 10.2. The third kappa shape index (κ3) is 4.40. The highest BCUT2D eigenvalue weighted by Gasteiger charge is 2.07. The van der Waals surface area contributed by atoms with Gasteiger partial charge in [0.2, 0.25) is 0 Å². The lowest BCUT2D eigenvalue weighted by Gasteiger charge is -2.17. The minimum Gasteiger partial charge on any atom is -0.497 e. The lowest BCUT2D eigenvalue weighted by Crippen LogP contribution is -2.20. The quantitative estimate of drug-likeness (QED) is 0.622. The van der Waals surface area contributed by atoms with E-state index in [1.165, 1.54) is 5.56 Å². The molecule has 0 amide bonds. The van der Waals surface area contributed by atoms with Gasteiger partial charge >= 0.3 is 0 Å². The number of anilines is 1. The second kappa shape index (κ2) is 7.01. The van der Waals surface area contributed by atoms with Crippen molar-refractivity contribution >= 4 is 5.82 Å². The van der Waals surface area contributed by atoms with Crippen molar-refractivity contribution in [1.29, 1.82) is 0 Å². The Morgan fingerprint density at radius 1 is 1.24 bits per heavy atom. The molecule has 0 unspecified atom stereocenters. The molecule has 0 atom stereocenters. The molecule has 0 radical (unpaired) electrons. The third-order valence-corrected chi connectivity index (χ3v) is 3.05. The molecule has 0 spiro atoms. The van der Waals surface area contributed by atoms with Crippen molar-refractivity contribution in [3.05, 3.63) is 47.4 Å². The zero-order chi connectivity index (χ0) is 15.2. The Labute approximate surface area is 124 Å². The van der Waals surface area contributed by atoms with Crippen LogP contribution in [0.1, 0.15) is 17.1 Å². The van der Waals surface area contributed by atoms with E-state index in [0.717, 1.165) is 23.8 Å². The molecule has 1 aromatic carbocycles. The summed E-state index contributed by atoms with van der Waals surface area (Å²) in [6.07, 6.45) is 0. The van der Waals surface area contributed by atoms with Crippen LogP contribution >= 0.6 is 0 Å². The Kier molecular flexibility index (Phi) is 5.08. The number of hydrogen-bond donors (Lipinski definition) is 2. The van der Waals surface area contributed by atoms with Crippen molar-refractivity contribution in [2.24, 2.45) is 5.84 Å². The number of nitrogens with zero attached hydrogens (tertiary/aromatic N) is 3. The normalized spacial score (nSPS) is 10.7. The van der Waals surface area contributed by atoms with E-state index in [4.69, 9.17) is 10.6 Å². The summed E-state index contributed by atoms with van der Waals surface area (Å²) in [5.41, 5.74) is 4.63. The van der Waals surface area contributed by atoms with Gasteiger partial charge in [-0.25, -0.2) is 15.8 Å². The number of nitrogens with one attached hydrogen (secondary N) is 1. The molecule has 0 saturated carbocycles. The summed E-state index contributed by atoms with van der Waals surface area (Å²) in [5, 5.41) is 0. The molecule has 2 aromatic rings. The molecule has 3 N–H and O–H groups in total. The Hall–Kier alpha value is -2.18. The van der Waals surface area contributed by atoms with E-state index in [2.05, 4.69) is 26.4 Å². The molecule has 1 aromatic heterocycles. The number of benzene rings is 1. The predicted molar refractivity (Wildman–Crippen MR) is 82.7 cm³/mol. The van der Waals surface area contributed by atoms with Gasteiger partial charge in [-0.3, -0.25) is 4.90 Å². The molecule has 0 saturated heterocycles. The first-order valence-electron chi connectivity index (χ1n) is 6.73. The van der Waals surface area contributed by atoms with Crippen LogP contribution in [0, 0.1) is 6.92 Å². The molecule has 2 rings (SSSR count). The van der Waals surface area contributed by atoms with Gasteiger partial charge in [0.25, 0.3) is 0 Å². The highest BCUT2D eigenvalue weighted by Crippen LogP contribution is 2.14. The van der Waals surface area contributed by atoms with Gasteiger partial charge in [0, 0.05) is 18.3 Å². The highest BCUT2D eigenvalue weighted by atomic mass is 16.5. The fraction of sp³-hybridized carbons (Fsp3) is 0.333. The number of methoxy groups -OCH3 is 1. The number of hydrogen-bond acceptors (Lipinski definition) is 6. The number of hydrazine groups is 1.